The Hall–Kier alpha value is -2.64. The highest BCUT2D eigenvalue weighted by molar-refractivity contribution is 7.18. The molecule has 2 heterocycles. The lowest BCUT2D eigenvalue weighted by molar-refractivity contribution is -0.144. The highest BCUT2D eigenvalue weighted by atomic mass is 32.1. The van der Waals surface area contributed by atoms with Crippen molar-refractivity contribution >= 4 is 33.3 Å². The van der Waals surface area contributed by atoms with Crippen molar-refractivity contribution < 1.29 is 23.5 Å². The van der Waals surface area contributed by atoms with Gasteiger partial charge >= 0.3 is 5.97 Å². The third-order valence-corrected chi connectivity index (χ3v) is 9.54. The van der Waals surface area contributed by atoms with E-state index >= 15 is 0 Å². The quantitative estimate of drug-likeness (QED) is 0.0952. The SMILES string of the molecule is CCCCCCCCc1ccc2nc(C3CCC(C(=O)c4ccc(OC(=O)C5CCCO5)c(F)c4)CC3)sc2c1. The van der Waals surface area contributed by atoms with E-state index in [2.05, 4.69) is 25.1 Å². The Morgan fingerprint density at radius 3 is 2.55 bits per heavy atom. The van der Waals surface area contributed by atoms with E-state index in [1.807, 2.05) is 0 Å². The number of ketones is 1. The summed E-state index contributed by atoms with van der Waals surface area (Å²) >= 11 is 1.80. The number of benzene rings is 2. The number of fused-ring (bicyclic) bond motifs is 1. The smallest absolute Gasteiger partial charge is 0.340 e. The number of rotatable bonds is 12. The van der Waals surface area contributed by atoms with Gasteiger partial charge in [-0.2, -0.15) is 0 Å². The average Bonchev–Trinajstić information content (AvgIpc) is 3.66. The molecule has 1 unspecified atom stereocenters. The summed E-state index contributed by atoms with van der Waals surface area (Å²) in [6.07, 6.45) is 13.0. The summed E-state index contributed by atoms with van der Waals surface area (Å²) in [5, 5.41) is 1.17. The molecule has 5 nitrogen and oxygen atoms in total. The highest BCUT2D eigenvalue weighted by Crippen LogP contribution is 2.40. The van der Waals surface area contributed by atoms with Gasteiger partial charge in [0.2, 0.25) is 0 Å². The molecule has 1 saturated heterocycles. The Balaban J connectivity index is 1.13. The van der Waals surface area contributed by atoms with Crippen molar-refractivity contribution in [1.82, 2.24) is 4.98 Å². The standard InChI is InChI=1S/C33H40FNO4S/c1-2-3-4-5-6-7-9-22-11-17-27-30(20-22)40-32(35-27)24-14-12-23(13-15-24)31(36)25-16-18-28(26(34)21-25)39-33(37)29-10-8-19-38-29/h11,16-18,20-21,23-24,29H,2-10,12-15,19H2,1H3. The Kier molecular flexibility index (Phi) is 9.97. The summed E-state index contributed by atoms with van der Waals surface area (Å²) in [6, 6.07) is 10.8. The summed E-state index contributed by atoms with van der Waals surface area (Å²) in [6.45, 7) is 2.76. The van der Waals surface area contributed by atoms with Crippen LogP contribution in [0.25, 0.3) is 10.2 Å². The maximum absolute atomic E-state index is 14.7. The molecule has 2 aliphatic rings. The van der Waals surface area contributed by atoms with E-state index in [1.165, 1.54) is 65.9 Å². The van der Waals surface area contributed by atoms with Crippen LogP contribution >= 0.6 is 11.3 Å². The highest BCUT2D eigenvalue weighted by Gasteiger charge is 2.30. The molecule has 1 atom stereocenters. The Morgan fingerprint density at radius 2 is 1.80 bits per heavy atom. The second kappa shape index (κ2) is 13.8. The van der Waals surface area contributed by atoms with E-state index in [9.17, 15) is 14.0 Å². The molecule has 2 fully saturated rings. The van der Waals surface area contributed by atoms with Crippen LogP contribution in [0.1, 0.15) is 111 Å². The number of halogens is 1. The molecule has 1 aliphatic heterocycles. The van der Waals surface area contributed by atoms with E-state index in [1.54, 1.807) is 17.4 Å². The lowest BCUT2D eigenvalue weighted by Crippen LogP contribution is -2.25. The van der Waals surface area contributed by atoms with Gasteiger partial charge in [-0.3, -0.25) is 4.79 Å². The van der Waals surface area contributed by atoms with Gasteiger partial charge in [0.25, 0.3) is 0 Å². The molecular weight excluding hydrogens is 525 g/mol. The minimum atomic E-state index is -0.698. The van der Waals surface area contributed by atoms with Crippen molar-refractivity contribution in [3.8, 4) is 5.75 Å². The first-order valence-corrected chi connectivity index (χ1v) is 15.9. The predicted octanol–water partition coefficient (Wildman–Crippen LogP) is 8.58. The molecule has 40 heavy (non-hydrogen) atoms. The molecule has 5 rings (SSSR count). The number of hydrogen-bond acceptors (Lipinski definition) is 6. The first-order chi connectivity index (χ1) is 19.5. The average molecular weight is 566 g/mol. The fraction of sp³-hybridized carbons (Fsp3) is 0.545. The molecule has 0 N–H and O–H groups in total. The van der Waals surface area contributed by atoms with Crippen molar-refractivity contribution in [3.63, 3.8) is 0 Å². The fourth-order valence-electron chi connectivity index (χ4n) is 5.94. The van der Waals surface area contributed by atoms with Crippen molar-refractivity contribution in [1.29, 1.82) is 0 Å². The lowest BCUT2D eigenvalue weighted by atomic mass is 9.79. The number of thiazole rings is 1. The maximum Gasteiger partial charge on any atom is 0.340 e. The number of hydrogen-bond donors (Lipinski definition) is 0. The van der Waals surface area contributed by atoms with Crippen LogP contribution < -0.4 is 4.74 Å². The van der Waals surface area contributed by atoms with E-state index in [-0.39, 0.29) is 17.5 Å². The molecule has 1 aliphatic carbocycles. The summed E-state index contributed by atoms with van der Waals surface area (Å²) in [5.41, 5.74) is 2.80. The van der Waals surface area contributed by atoms with Gasteiger partial charge in [0.05, 0.1) is 15.2 Å². The number of ether oxygens (including phenoxy) is 2. The number of esters is 1. The molecule has 7 heteroatoms. The zero-order valence-corrected chi connectivity index (χ0v) is 24.3. The van der Waals surface area contributed by atoms with Gasteiger partial charge in [0, 0.05) is 24.0 Å². The van der Waals surface area contributed by atoms with Crippen molar-refractivity contribution in [2.24, 2.45) is 5.92 Å². The van der Waals surface area contributed by atoms with Crippen LogP contribution in [-0.4, -0.2) is 29.4 Å². The molecule has 3 aromatic rings. The first-order valence-electron chi connectivity index (χ1n) is 15.1. The number of aromatic nitrogens is 1. The first kappa shape index (κ1) is 28.9. The van der Waals surface area contributed by atoms with E-state index < -0.39 is 17.9 Å². The summed E-state index contributed by atoms with van der Waals surface area (Å²) in [7, 11) is 0. The Labute approximate surface area is 240 Å². The number of carbonyl (C=O) groups is 2. The van der Waals surface area contributed by atoms with Crippen LogP contribution in [-0.2, 0) is 16.0 Å². The summed E-state index contributed by atoms with van der Waals surface area (Å²) < 4.78 is 26.4. The zero-order valence-electron chi connectivity index (χ0n) is 23.5. The van der Waals surface area contributed by atoms with E-state index in [0.29, 0.717) is 24.5 Å². The second-order valence-corrected chi connectivity index (χ2v) is 12.4. The second-order valence-electron chi connectivity index (χ2n) is 11.4. The third kappa shape index (κ3) is 7.16. The van der Waals surface area contributed by atoms with Crippen LogP contribution in [0.2, 0.25) is 0 Å². The number of aryl methyl sites for hydroxylation is 1. The van der Waals surface area contributed by atoms with Gasteiger partial charge < -0.3 is 9.47 Å². The molecule has 1 saturated carbocycles. The number of unbranched alkanes of at least 4 members (excludes halogenated alkanes) is 5. The van der Waals surface area contributed by atoms with E-state index in [0.717, 1.165) is 44.0 Å². The van der Waals surface area contributed by atoms with Crippen molar-refractivity contribution in [2.45, 2.75) is 102 Å². The largest absolute Gasteiger partial charge is 0.421 e. The predicted molar refractivity (Wildman–Crippen MR) is 157 cm³/mol. The van der Waals surface area contributed by atoms with Crippen molar-refractivity contribution in [2.75, 3.05) is 6.61 Å². The number of Topliss-reactive ketones (excluding diaryl/α,β-unsaturated/α-hetero) is 1. The number of nitrogens with zero attached hydrogens (tertiary/aromatic N) is 1. The topological polar surface area (TPSA) is 65.5 Å². The fourth-order valence-corrected chi connectivity index (χ4v) is 7.14. The monoisotopic (exact) mass is 565 g/mol. The molecular formula is C33H40FNO4S. The van der Waals surface area contributed by atoms with Crippen LogP contribution in [0, 0.1) is 11.7 Å². The summed E-state index contributed by atoms with van der Waals surface area (Å²) in [4.78, 5) is 30.3. The summed E-state index contributed by atoms with van der Waals surface area (Å²) in [5.74, 6) is -1.26. The third-order valence-electron chi connectivity index (χ3n) is 8.36. The van der Waals surface area contributed by atoms with Crippen LogP contribution in [0.15, 0.2) is 36.4 Å². The molecule has 0 bridgehead atoms. The van der Waals surface area contributed by atoms with Gasteiger partial charge in [-0.25, -0.2) is 14.2 Å². The molecule has 2 aromatic carbocycles. The minimum Gasteiger partial charge on any atom is -0.421 e. The Morgan fingerprint density at radius 1 is 1.00 bits per heavy atom. The van der Waals surface area contributed by atoms with Gasteiger partial charge in [-0.05, 0) is 87.3 Å². The maximum atomic E-state index is 14.7. The van der Waals surface area contributed by atoms with Crippen molar-refractivity contribution in [3.05, 3.63) is 58.3 Å². The molecule has 214 valence electrons. The Bertz CT molecular complexity index is 1310. The molecule has 0 spiro atoms. The van der Waals surface area contributed by atoms with Gasteiger partial charge in [-0.1, -0.05) is 45.1 Å². The zero-order chi connectivity index (χ0) is 27.9. The van der Waals surface area contributed by atoms with Crippen LogP contribution in [0.5, 0.6) is 5.75 Å². The van der Waals surface area contributed by atoms with E-state index in [4.69, 9.17) is 14.5 Å². The van der Waals surface area contributed by atoms with Crippen LogP contribution in [0.4, 0.5) is 4.39 Å². The molecule has 0 radical (unpaired) electrons. The molecule has 1 aromatic heterocycles. The molecule has 0 amide bonds. The minimum absolute atomic E-state index is 0.0435. The van der Waals surface area contributed by atoms with Crippen LogP contribution in [0.3, 0.4) is 0 Å². The van der Waals surface area contributed by atoms with Gasteiger partial charge in [0.15, 0.2) is 23.5 Å². The number of carbonyl (C=O) groups excluding carboxylic acids is 2. The van der Waals surface area contributed by atoms with Gasteiger partial charge in [0.1, 0.15) is 0 Å². The normalized spacial score (nSPS) is 21.1. The lowest BCUT2D eigenvalue weighted by Gasteiger charge is -2.26. The van der Waals surface area contributed by atoms with Gasteiger partial charge in [-0.15, -0.1) is 11.3 Å².